The van der Waals surface area contributed by atoms with Gasteiger partial charge in [-0.25, -0.2) is 28.5 Å². The van der Waals surface area contributed by atoms with E-state index in [1.165, 1.54) is 16.8 Å². The number of ether oxygens (including phenoxy) is 2. The minimum Gasteiger partial charge on any atom is -0.477 e. The number of carboxylic acids is 1. The lowest BCUT2D eigenvalue weighted by Crippen LogP contribution is -2.40. The van der Waals surface area contributed by atoms with Crippen LogP contribution < -0.4 is 15.0 Å². The number of carbonyl (C=O) groups is 2. The van der Waals surface area contributed by atoms with Crippen molar-refractivity contribution in [3.63, 3.8) is 0 Å². The maximum atomic E-state index is 14.5. The van der Waals surface area contributed by atoms with E-state index in [0.29, 0.717) is 17.9 Å². The summed E-state index contributed by atoms with van der Waals surface area (Å²) in [4.78, 5) is 34.6. The molecule has 1 saturated carbocycles. The number of nitrogens with zero attached hydrogens (tertiary/aromatic N) is 5. The van der Waals surface area contributed by atoms with E-state index in [9.17, 15) is 19.1 Å². The number of pyridine rings is 1. The molecule has 37 heavy (non-hydrogen) atoms. The number of piperidine rings is 1. The first-order valence-corrected chi connectivity index (χ1v) is 12.1. The first-order chi connectivity index (χ1) is 17.5. The molecule has 0 radical (unpaired) electrons. The third-order valence-electron chi connectivity index (χ3n) is 6.63. The van der Waals surface area contributed by atoms with Gasteiger partial charge in [-0.3, -0.25) is 0 Å². The zero-order valence-corrected chi connectivity index (χ0v) is 21.1. The Balaban J connectivity index is 1.40. The molecule has 0 spiro atoms. The second kappa shape index (κ2) is 8.86. The predicted molar refractivity (Wildman–Crippen MR) is 130 cm³/mol. The van der Waals surface area contributed by atoms with Crippen molar-refractivity contribution in [3.8, 4) is 5.88 Å². The summed E-state index contributed by atoms with van der Waals surface area (Å²) in [6, 6.07) is 2.82. The Bertz CT molecular complexity index is 1370. The minimum atomic E-state index is -1.11. The van der Waals surface area contributed by atoms with Crippen molar-refractivity contribution in [1.29, 1.82) is 0 Å². The number of alkyl carbamates (subject to hydrolysis) is 1. The van der Waals surface area contributed by atoms with Gasteiger partial charge in [-0.05, 0) is 58.6 Å². The first-order valence-electron chi connectivity index (χ1n) is 12.1. The van der Waals surface area contributed by atoms with Crippen LogP contribution >= 0.6 is 0 Å². The number of halogens is 1. The molecule has 2 N–H and O–H groups in total. The van der Waals surface area contributed by atoms with Gasteiger partial charge in [0.05, 0.1) is 24.0 Å². The molecule has 2 fully saturated rings. The van der Waals surface area contributed by atoms with Crippen LogP contribution in [-0.4, -0.2) is 61.5 Å². The minimum absolute atomic E-state index is 0.00497. The molecule has 11 nitrogen and oxygen atoms in total. The lowest BCUT2D eigenvalue weighted by Gasteiger charge is -2.31. The summed E-state index contributed by atoms with van der Waals surface area (Å²) in [7, 11) is 0. The molecule has 196 valence electrons. The molecule has 2 aliphatic rings. The predicted octanol–water partition coefficient (Wildman–Crippen LogP) is 3.38. The van der Waals surface area contributed by atoms with Gasteiger partial charge in [-0.2, -0.15) is 5.10 Å². The van der Waals surface area contributed by atoms with E-state index in [2.05, 4.69) is 25.3 Å². The topological polar surface area (TPSA) is 131 Å². The quantitative estimate of drug-likeness (QED) is 0.489. The summed E-state index contributed by atoms with van der Waals surface area (Å²) >= 11 is 0. The number of carboxylic acid groups (broad SMARTS) is 1. The zero-order chi connectivity index (χ0) is 26.5. The van der Waals surface area contributed by atoms with Crippen molar-refractivity contribution in [2.24, 2.45) is 5.92 Å². The van der Waals surface area contributed by atoms with E-state index in [-0.39, 0.29) is 35.7 Å². The summed E-state index contributed by atoms with van der Waals surface area (Å²) in [5, 5.41) is 16.3. The lowest BCUT2D eigenvalue weighted by atomic mass is 10.0. The number of rotatable bonds is 7. The Morgan fingerprint density at radius 2 is 2.14 bits per heavy atom. The number of aromatic nitrogens is 4. The van der Waals surface area contributed by atoms with Gasteiger partial charge in [0, 0.05) is 18.3 Å². The third kappa shape index (κ3) is 4.63. The Morgan fingerprint density at radius 3 is 2.84 bits per heavy atom. The normalized spacial score (nSPS) is 21.4. The number of fused-ring (bicyclic) bond motifs is 2. The van der Waals surface area contributed by atoms with E-state index in [0.717, 1.165) is 19.0 Å². The standard InChI is InChI=1S/C25H29FN6O5/c1-14(29-23(35)37-24(2,3)4)13-36-21-18(9-16(26)11-27-21)25-10-15(25)5-7-31(25)19-6-8-32-20(30-19)17(12-28-32)22(33)34/h6,8-9,11-12,14-15H,5,7,10,13H2,1-4H3,(H,29,35)(H,33,34)/t14-,15?,25?/m1/s1. The molecule has 12 heteroatoms. The van der Waals surface area contributed by atoms with Crippen molar-refractivity contribution in [2.75, 3.05) is 18.1 Å². The van der Waals surface area contributed by atoms with Crippen LogP contribution in [0.4, 0.5) is 15.0 Å². The molecule has 1 saturated heterocycles. The number of amides is 1. The molecule has 3 atom stereocenters. The van der Waals surface area contributed by atoms with Crippen LogP contribution in [0.15, 0.2) is 30.7 Å². The Labute approximate surface area is 212 Å². The van der Waals surface area contributed by atoms with Gasteiger partial charge >= 0.3 is 12.1 Å². The Hall–Kier alpha value is -3.96. The first kappa shape index (κ1) is 24.7. The largest absolute Gasteiger partial charge is 0.477 e. The fraction of sp³-hybridized carbons (Fsp3) is 0.480. The molecule has 1 aliphatic carbocycles. The van der Waals surface area contributed by atoms with Gasteiger partial charge < -0.3 is 24.8 Å². The Kier molecular flexibility index (Phi) is 5.92. The van der Waals surface area contributed by atoms with E-state index in [1.54, 1.807) is 40.0 Å². The molecule has 0 bridgehead atoms. The molecule has 2 unspecified atom stereocenters. The van der Waals surface area contributed by atoms with Crippen molar-refractivity contribution >= 4 is 23.5 Å². The highest BCUT2D eigenvalue weighted by atomic mass is 19.1. The van der Waals surface area contributed by atoms with Gasteiger partial charge in [-0.15, -0.1) is 0 Å². The molecular formula is C25H29FN6O5. The van der Waals surface area contributed by atoms with E-state index in [1.807, 2.05) is 0 Å². The molecule has 4 heterocycles. The van der Waals surface area contributed by atoms with Crippen molar-refractivity contribution < 1.29 is 28.6 Å². The highest BCUT2D eigenvalue weighted by molar-refractivity contribution is 5.94. The zero-order valence-electron chi connectivity index (χ0n) is 21.1. The molecule has 3 aromatic heterocycles. The number of hydrogen-bond acceptors (Lipinski definition) is 8. The van der Waals surface area contributed by atoms with Gasteiger partial charge in [0.2, 0.25) is 5.88 Å². The number of anilines is 1. The molecule has 5 rings (SSSR count). The fourth-order valence-corrected chi connectivity index (χ4v) is 5.03. The van der Waals surface area contributed by atoms with Crippen LogP contribution in [-0.2, 0) is 10.3 Å². The molecule has 0 aromatic carbocycles. The van der Waals surface area contributed by atoms with Crippen LogP contribution in [0, 0.1) is 11.7 Å². The molecule has 1 amide bonds. The van der Waals surface area contributed by atoms with E-state index in [4.69, 9.17) is 9.47 Å². The maximum Gasteiger partial charge on any atom is 0.407 e. The number of hydrogen-bond donors (Lipinski definition) is 2. The monoisotopic (exact) mass is 512 g/mol. The average Bonchev–Trinajstić information content (AvgIpc) is 3.18. The lowest BCUT2D eigenvalue weighted by molar-refractivity contribution is 0.0492. The number of carbonyl (C=O) groups excluding carboxylic acids is 1. The summed E-state index contributed by atoms with van der Waals surface area (Å²) in [5.41, 5.74) is -0.346. The van der Waals surface area contributed by atoms with Crippen LogP contribution in [0.2, 0.25) is 0 Å². The molecular weight excluding hydrogens is 483 g/mol. The van der Waals surface area contributed by atoms with Crippen LogP contribution in [0.25, 0.3) is 5.65 Å². The fourth-order valence-electron chi connectivity index (χ4n) is 5.03. The smallest absolute Gasteiger partial charge is 0.407 e. The Morgan fingerprint density at radius 1 is 1.35 bits per heavy atom. The van der Waals surface area contributed by atoms with Gasteiger partial charge in [-0.1, -0.05) is 0 Å². The van der Waals surface area contributed by atoms with Crippen LogP contribution in [0.1, 0.15) is 56.5 Å². The highest BCUT2D eigenvalue weighted by Gasteiger charge is 2.65. The van der Waals surface area contributed by atoms with E-state index < -0.39 is 29.0 Å². The van der Waals surface area contributed by atoms with Crippen LogP contribution in [0.3, 0.4) is 0 Å². The number of aromatic carboxylic acids is 1. The second-order valence-corrected chi connectivity index (χ2v) is 10.5. The molecule has 3 aromatic rings. The SMILES string of the molecule is C[C@H](COc1ncc(F)cc1C12CC1CCN2c1ccn2ncc(C(=O)O)c2n1)NC(=O)OC(C)(C)C. The number of nitrogens with one attached hydrogen (secondary N) is 1. The third-order valence-corrected chi connectivity index (χ3v) is 6.63. The molecule has 1 aliphatic heterocycles. The summed E-state index contributed by atoms with van der Waals surface area (Å²) in [6.07, 6.45) is 5.11. The second-order valence-electron chi connectivity index (χ2n) is 10.5. The highest BCUT2D eigenvalue weighted by Crippen LogP contribution is 2.64. The van der Waals surface area contributed by atoms with Crippen LogP contribution in [0.5, 0.6) is 5.88 Å². The van der Waals surface area contributed by atoms with E-state index >= 15 is 0 Å². The van der Waals surface area contributed by atoms with Crippen molar-refractivity contribution in [2.45, 2.75) is 57.7 Å². The van der Waals surface area contributed by atoms with Crippen molar-refractivity contribution in [3.05, 3.63) is 47.7 Å². The summed E-state index contributed by atoms with van der Waals surface area (Å²) < 4.78 is 27.1. The van der Waals surface area contributed by atoms with Gasteiger partial charge in [0.1, 0.15) is 29.4 Å². The van der Waals surface area contributed by atoms with Gasteiger partial charge in [0.25, 0.3) is 0 Å². The average molecular weight is 513 g/mol. The van der Waals surface area contributed by atoms with Gasteiger partial charge in [0.15, 0.2) is 5.65 Å². The summed E-state index contributed by atoms with van der Waals surface area (Å²) in [5.74, 6) is -0.491. The van der Waals surface area contributed by atoms with Crippen molar-refractivity contribution in [1.82, 2.24) is 24.9 Å². The maximum absolute atomic E-state index is 14.5. The summed E-state index contributed by atoms with van der Waals surface area (Å²) in [6.45, 7) is 7.89.